The fraction of sp³-hybridized carbons (Fsp3) is 0.310. The van der Waals surface area contributed by atoms with Crippen LogP contribution in [0.3, 0.4) is 0 Å². The summed E-state index contributed by atoms with van der Waals surface area (Å²) in [5.41, 5.74) is 9.55. The van der Waals surface area contributed by atoms with E-state index in [4.69, 9.17) is 23.7 Å². The topological polar surface area (TPSA) is 370 Å². The van der Waals surface area contributed by atoms with E-state index in [1.54, 1.807) is 199 Å². The maximum Gasteiger partial charge on any atom is 0.319 e. The molecule has 4 amide bonds. The Morgan fingerprint density at radius 2 is 0.690 bits per heavy atom. The molecule has 0 fully saturated rings. The van der Waals surface area contributed by atoms with Gasteiger partial charge in [-0.05, 0) is 178 Å². The van der Waals surface area contributed by atoms with Gasteiger partial charge in [0.1, 0.15) is 32.5 Å². The molecule has 2 atom stereocenters. The molecule has 2 unspecified atom stereocenters. The Bertz CT molecular complexity index is 6670. The van der Waals surface area contributed by atoms with Gasteiger partial charge in [0.05, 0.1) is 59.2 Å². The average Bonchev–Trinajstić information content (AvgIpc) is 1.11. The van der Waals surface area contributed by atoms with Crippen molar-refractivity contribution in [2.75, 3.05) is 68.6 Å². The van der Waals surface area contributed by atoms with Gasteiger partial charge in [0.25, 0.3) is 0 Å². The molecule has 6 N–H and O–H groups in total. The highest BCUT2D eigenvalue weighted by molar-refractivity contribution is 6.32. The number of hydrogen-bond acceptors (Lipinski definition) is 21. The van der Waals surface area contributed by atoms with Crippen molar-refractivity contribution in [3.8, 4) is 0 Å². The number of nitrogens with zero attached hydrogens (tertiary/aromatic N) is 1. The summed E-state index contributed by atoms with van der Waals surface area (Å²) in [5, 5.41) is 26.3. The largest absolute Gasteiger partial charge is 0.463 e. The molecule has 26 nitrogen and oxygen atoms in total. The van der Waals surface area contributed by atoms with E-state index in [1.807, 2.05) is 41.5 Å². The van der Waals surface area contributed by atoms with Crippen LogP contribution < -0.4 is 26.6 Å². The van der Waals surface area contributed by atoms with Gasteiger partial charge in [-0.15, -0.1) is 0 Å². The number of amides is 4. The van der Waals surface area contributed by atoms with E-state index in [1.165, 1.54) is 45.9 Å². The van der Waals surface area contributed by atoms with E-state index in [-0.39, 0.29) is 152 Å². The van der Waals surface area contributed by atoms with Crippen LogP contribution in [0.5, 0.6) is 0 Å². The van der Waals surface area contributed by atoms with Crippen molar-refractivity contribution in [3.63, 3.8) is 0 Å². The number of carbonyl (C=O) groups is 14. The van der Waals surface area contributed by atoms with E-state index in [2.05, 4.69) is 131 Å². The molecule has 142 heavy (non-hydrogen) atoms. The van der Waals surface area contributed by atoms with Crippen LogP contribution in [-0.4, -0.2) is 151 Å². The van der Waals surface area contributed by atoms with Crippen LogP contribution in [0.4, 0.5) is 26.7 Å². The zero-order chi connectivity index (χ0) is 103. The third-order valence-electron chi connectivity index (χ3n) is 25.9. The van der Waals surface area contributed by atoms with Crippen molar-refractivity contribution < 1.29 is 95.9 Å². The van der Waals surface area contributed by atoms with Gasteiger partial charge in [-0.25, -0.2) is 9.59 Å². The summed E-state index contributed by atoms with van der Waals surface area (Å²) in [6.07, 6.45) is 2.98. The zero-order valence-corrected chi connectivity index (χ0v) is 83.1. The SMILES string of the molecule is CCC(C)(C)C(=O)OCC(O)CNc1ccc2c(c1)C(=O)c1ccccc1C2=O.CCC(C)(C)C(=O)OCCNC(=O)Nc1ccc2c(c1)C(=O)c1ccccc1C2=O.CCC(C)(C)C(=O)OCCNC(=O)Nc1cccc2c1C(=O)c1ccccc1C2=O.CCC(C)(C)C(=O)OCCOCc1ccc2c(c1)C(=O)c1ccccc1C2=O.CCC(C)c1ccccc1.CCn1c2ccccc2c2ccccc21. The third-order valence-corrected chi connectivity index (χ3v) is 25.9. The van der Waals surface area contributed by atoms with Crippen molar-refractivity contribution >= 4 is 121 Å². The highest BCUT2D eigenvalue weighted by Gasteiger charge is 2.37. The molecule has 0 saturated carbocycles. The minimum Gasteiger partial charge on any atom is -0.463 e. The standard InChI is InChI=1S/2C23H24N2O5.C23H25NO5.C23H24O5.C14H13N.C10H14/c1-4-23(2,3)21(28)30-13-12-24-22(29)25-17-11-7-10-16-18(17)20(27)15-9-6-5-8-14(15)19(16)26;1-4-23(2,3)21(28)30-12-11-24-22(29)25-14-9-10-17-18(13-14)20(27)16-8-6-5-7-15(16)19(17)26;1-4-23(2,3)22(28)29-13-15(25)12-24-14-9-10-18-19(11-14)21(27)17-8-6-5-7-16(17)20(18)26;1-4-23(2,3)22(26)28-12-11-27-14-15-9-10-18-19(13-15)21(25)17-8-6-5-7-16(17)20(18)24;1-2-15-13-9-5-3-7-11(13)12-8-4-6-10-14(12)15;1-3-9(2)10-7-5-4-6-8-10/h5-11H,4,12-13H2,1-3H3,(H2,24,25,29);5-10,13H,4,11-12H2,1-3H3,(H2,24,25,29);5-11,15,24-25H,4,12-13H2,1-3H3;5-10,13H,4,11-12,14H2,1-3H3;3-10H,2H2,1H3;4-9H,3H2,1-2H3. The first-order valence-electron chi connectivity index (χ1n) is 47.9. The molecular formula is C116H124N6O20. The van der Waals surface area contributed by atoms with Gasteiger partial charge in [-0.3, -0.25) is 57.5 Å². The van der Waals surface area contributed by atoms with E-state index in [9.17, 15) is 72.2 Å². The van der Waals surface area contributed by atoms with Crippen molar-refractivity contribution in [2.24, 2.45) is 21.7 Å². The summed E-state index contributed by atoms with van der Waals surface area (Å²) in [5.74, 6) is -2.22. The number of urea groups is 2. The highest BCUT2D eigenvalue weighted by atomic mass is 16.6. The smallest absolute Gasteiger partial charge is 0.319 e. The first kappa shape index (κ1) is 107. The summed E-state index contributed by atoms with van der Waals surface area (Å²) in [6.45, 7) is 30.9. The number of aliphatic hydroxyl groups is 1. The molecule has 16 rings (SSSR count). The lowest BCUT2D eigenvalue weighted by Crippen LogP contribution is -2.34. The zero-order valence-electron chi connectivity index (χ0n) is 83.1. The van der Waals surface area contributed by atoms with Crippen LogP contribution in [0.1, 0.15) is 280 Å². The van der Waals surface area contributed by atoms with Crippen LogP contribution in [-0.2, 0) is 56.0 Å². The Labute approximate surface area is 827 Å². The number of para-hydroxylation sites is 2. The number of rotatable bonds is 29. The predicted octanol–water partition coefficient (Wildman–Crippen LogP) is 21.3. The van der Waals surface area contributed by atoms with Gasteiger partial charge in [0, 0.05) is 130 Å². The summed E-state index contributed by atoms with van der Waals surface area (Å²) in [7, 11) is 0. The van der Waals surface area contributed by atoms with Gasteiger partial charge in [0.2, 0.25) is 0 Å². The molecule has 0 saturated heterocycles. The van der Waals surface area contributed by atoms with Crippen LogP contribution in [0.2, 0.25) is 0 Å². The lowest BCUT2D eigenvalue weighted by Gasteiger charge is -2.22. The number of fused-ring (bicyclic) bond motifs is 11. The number of aryl methyl sites for hydroxylation is 1. The number of benzene rings is 11. The van der Waals surface area contributed by atoms with Gasteiger partial charge in [-0.2, -0.15) is 0 Å². The van der Waals surface area contributed by atoms with Gasteiger partial charge < -0.3 is 59.9 Å². The number of anilines is 3. The molecule has 4 aliphatic carbocycles. The number of nitrogens with one attached hydrogen (secondary N) is 5. The summed E-state index contributed by atoms with van der Waals surface area (Å²) in [4.78, 5) is 174. The first-order chi connectivity index (χ1) is 67.8. The van der Waals surface area contributed by atoms with E-state index >= 15 is 0 Å². The summed E-state index contributed by atoms with van der Waals surface area (Å²) >= 11 is 0. The van der Waals surface area contributed by atoms with Gasteiger partial charge in [0.15, 0.2) is 46.3 Å². The molecule has 0 aliphatic heterocycles. The number of carbonyl (C=O) groups excluding carboxylic acids is 14. The minimum atomic E-state index is -0.902. The molecule has 0 spiro atoms. The average molecular weight is 1920 g/mol. The number of ketones is 8. The molecule has 0 radical (unpaired) electrons. The molecule has 0 bridgehead atoms. The van der Waals surface area contributed by atoms with Crippen molar-refractivity contribution in [1.29, 1.82) is 0 Å². The molecule has 738 valence electrons. The van der Waals surface area contributed by atoms with Gasteiger partial charge >= 0.3 is 35.9 Å². The Morgan fingerprint density at radius 1 is 0.345 bits per heavy atom. The quantitative estimate of drug-likeness (QED) is 0.0144. The monoisotopic (exact) mass is 1920 g/mol. The Balaban J connectivity index is 0.000000167. The van der Waals surface area contributed by atoms with Crippen molar-refractivity contribution in [3.05, 3.63) is 349 Å². The number of aliphatic hydroxyl groups excluding tert-OH is 1. The molecule has 11 aromatic carbocycles. The fourth-order valence-electron chi connectivity index (χ4n) is 15.4. The third kappa shape index (κ3) is 25.9. The highest BCUT2D eigenvalue weighted by Crippen LogP contribution is 2.37. The Hall–Kier alpha value is -15.3. The minimum absolute atomic E-state index is 0.0351. The number of ether oxygens (including phenoxy) is 5. The molecule has 12 aromatic rings. The second-order valence-corrected chi connectivity index (χ2v) is 37.2. The predicted molar refractivity (Wildman–Crippen MR) is 548 cm³/mol. The van der Waals surface area contributed by atoms with Crippen molar-refractivity contribution in [2.45, 2.75) is 161 Å². The van der Waals surface area contributed by atoms with Crippen LogP contribution in [0, 0.1) is 21.7 Å². The van der Waals surface area contributed by atoms with Crippen molar-refractivity contribution in [1.82, 2.24) is 15.2 Å². The normalized spacial score (nSPS) is 12.9. The summed E-state index contributed by atoms with van der Waals surface area (Å²) in [6, 6.07) is 73.1. The maximum atomic E-state index is 12.9. The molecule has 1 heterocycles. The first-order valence-corrected chi connectivity index (χ1v) is 47.9. The number of aromatic nitrogens is 1. The Kier molecular flexibility index (Phi) is 36.6. The molecule has 1 aromatic heterocycles. The van der Waals surface area contributed by atoms with Crippen LogP contribution in [0.25, 0.3) is 21.8 Å². The fourth-order valence-corrected chi connectivity index (χ4v) is 15.4. The van der Waals surface area contributed by atoms with E-state index < -0.39 is 39.8 Å². The number of hydrogen-bond donors (Lipinski definition) is 6. The lowest BCUT2D eigenvalue weighted by molar-refractivity contribution is -0.157. The number of esters is 4. The second kappa shape index (κ2) is 48.5. The Morgan fingerprint density at radius 3 is 1.12 bits per heavy atom. The molecular weight excluding hydrogens is 1800 g/mol. The maximum absolute atomic E-state index is 12.9. The molecule has 4 aliphatic rings. The lowest BCUT2D eigenvalue weighted by atomic mass is 9.83. The van der Waals surface area contributed by atoms with Crippen LogP contribution in [0.15, 0.2) is 249 Å². The second-order valence-electron chi connectivity index (χ2n) is 37.2. The summed E-state index contributed by atoms with van der Waals surface area (Å²) < 4.78 is 28.7. The molecule has 26 heteroatoms. The van der Waals surface area contributed by atoms with Crippen LogP contribution >= 0.6 is 0 Å². The van der Waals surface area contributed by atoms with E-state index in [0.717, 1.165) is 12.1 Å². The van der Waals surface area contributed by atoms with E-state index in [0.29, 0.717) is 115 Å². The van der Waals surface area contributed by atoms with Gasteiger partial charge in [-0.1, -0.05) is 224 Å².